The van der Waals surface area contributed by atoms with Crippen molar-refractivity contribution in [2.75, 3.05) is 19.6 Å². The third-order valence-electron chi connectivity index (χ3n) is 5.49. The summed E-state index contributed by atoms with van der Waals surface area (Å²) in [7, 11) is 0. The van der Waals surface area contributed by atoms with Gasteiger partial charge in [-0.15, -0.1) is 0 Å². The van der Waals surface area contributed by atoms with E-state index in [9.17, 15) is 14.0 Å². The molecule has 1 aromatic carbocycles. The number of amides is 2. The number of carbonyl (C=O) groups excluding carboxylic acids is 2. The van der Waals surface area contributed by atoms with Gasteiger partial charge in [-0.2, -0.15) is 0 Å². The van der Waals surface area contributed by atoms with Crippen molar-refractivity contribution < 1.29 is 14.0 Å². The van der Waals surface area contributed by atoms with Gasteiger partial charge in [-0.1, -0.05) is 18.6 Å². The zero-order chi connectivity index (χ0) is 18.5. The summed E-state index contributed by atoms with van der Waals surface area (Å²) in [5.74, 6) is -0.152. The van der Waals surface area contributed by atoms with Crippen LogP contribution in [-0.4, -0.2) is 42.4 Å². The van der Waals surface area contributed by atoms with Gasteiger partial charge in [-0.25, -0.2) is 4.39 Å². The topological polar surface area (TPSA) is 61.4 Å². The predicted molar refractivity (Wildman–Crippen MR) is 97.9 cm³/mol. The molecule has 1 aromatic rings. The second kappa shape index (κ2) is 8.62. The largest absolute Gasteiger partial charge is 0.352 e. The zero-order valence-corrected chi connectivity index (χ0v) is 15.4. The van der Waals surface area contributed by atoms with Crippen molar-refractivity contribution in [3.8, 4) is 0 Å². The third-order valence-corrected chi connectivity index (χ3v) is 5.49. The van der Waals surface area contributed by atoms with Crippen molar-refractivity contribution in [3.63, 3.8) is 0 Å². The monoisotopic (exact) mass is 361 g/mol. The Labute approximate surface area is 154 Å². The highest BCUT2D eigenvalue weighted by Crippen LogP contribution is 2.20. The molecule has 0 aliphatic carbocycles. The average Bonchev–Trinajstić information content (AvgIpc) is 2.69. The van der Waals surface area contributed by atoms with Crippen LogP contribution >= 0.6 is 0 Å². The molecule has 142 valence electrons. The number of carbonyl (C=O) groups is 2. The van der Waals surface area contributed by atoms with Crippen molar-refractivity contribution in [1.29, 1.82) is 0 Å². The molecule has 0 radical (unpaired) electrons. The molecule has 2 aliphatic rings. The van der Waals surface area contributed by atoms with Crippen LogP contribution in [-0.2, 0) is 16.1 Å². The number of benzene rings is 1. The first-order valence-electron chi connectivity index (χ1n) is 9.59. The van der Waals surface area contributed by atoms with Crippen molar-refractivity contribution in [1.82, 2.24) is 15.5 Å². The third kappa shape index (κ3) is 4.61. The van der Waals surface area contributed by atoms with Crippen LogP contribution in [0.5, 0.6) is 0 Å². The van der Waals surface area contributed by atoms with E-state index in [0.717, 1.165) is 31.4 Å². The van der Waals surface area contributed by atoms with Crippen LogP contribution in [0.4, 0.5) is 4.39 Å². The molecule has 0 aromatic heterocycles. The van der Waals surface area contributed by atoms with Gasteiger partial charge in [0.1, 0.15) is 5.82 Å². The smallest absolute Gasteiger partial charge is 0.239 e. The molecule has 2 saturated heterocycles. The Kier molecular flexibility index (Phi) is 6.25. The Hall–Kier alpha value is -1.95. The molecular formula is C20H28FN3O2. The van der Waals surface area contributed by atoms with Crippen LogP contribution in [0.15, 0.2) is 18.2 Å². The zero-order valence-electron chi connectivity index (χ0n) is 15.4. The summed E-state index contributed by atoms with van der Waals surface area (Å²) in [4.78, 5) is 26.8. The maximum atomic E-state index is 13.6. The van der Waals surface area contributed by atoms with Crippen molar-refractivity contribution in [2.24, 2.45) is 5.92 Å². The van der Waals surface area contributed by atoms with E-state index >= 15 is 0 Å². The lowest BCUT2D eigenvalue weighted by molar-refractivity contribution is -0.137. The first-order chi connectivity index (χ1) is 12.5. The molecule has 2 heterocycles. The Morgan fingerprint density at radius 3 is 2.65 bits per heavy atom. The number of hydrogen-bond donors (Lipinski definition) is 2. The van der Waals surface area contributed by atoms with E-state index in [1.54, 1.807) is 13.0 Å². The van der Waals surface area contributed by atoms with E-state index < -0.39 is 0 Å². The molecule has 3 rings (SSSR count). The number of rotatable bonds is 4. The van der Waals surface area contributed by atoms with Gasteiger partial charge in [0.05, 0.1) is 6.04 Å². The van der Waals surface area contributed by atoms with Gasteiger partial charge in [0, 0.05) is 25.6 Å². The quantitative estimate of drug-likeness (QED) is 0.864. The molecule has 1 atom stereocenters. The molecule has 0 spiro atoms. The molecule has 0 saturated carbocycles. The van der Waals surface area contributed by atoms with E-state index in [4.69, 9.17) is 0 Å². The number of hydrogen-bond acceptors (Lipinski definition) is 3. The molecule has 2 N–H and O–H groups in total. The number of likely N-dealkylation sites (tertiary alicyclic amines) is 1. The molecule has 6 heteroatoms. The lowest BCUT2D eigenvalue weighted by Crippen LogP contribution is -2.51. The van der Waals surface area contributed by atoms with Crippen molar-refractivity contribution in [3.05, 3.63) is 35.1 Å². The minimum absolute atomic E-state index is 0.00567. The molecule has 5 nitrogen and oxygen atoms in total. The standard InChI is InChI=1S/C20H28FN3O2/c1-14-5-6-15(12-17(14)21)13-23-19(25)16-7-10-24(11-8-16)20(26)18-4-2-3-9-22-18/h5-6,12,16,18,22H,2-4,7-11,13H2,1H3,(H,23,25). The molecule has 26 heavy (non-hydrogen) atoms. The summed E-state index contributed by atoms with van der Waals surface area (Å²) in [5.41, 5.74) is 1.36. The predicted octanol–water partition coefficient (Wildman–Crippen LogP) is 2.13. The van der Waals surface area contributed by atoms with Gasteiger partial charge in [0.2, 0.25) is 11.8 Å². The number of nitrogens with one attached hydrogen (secondary N) is 2. The van der Waals surface area contributed by atoms with Gasteiger partial charge in [0.15, 0.2) is 0 Å². The number of aryl methyl sites for hydroxylation is 1. The van der Waals surface area contributed by atoms with Crippen LogP contribution in [0.1, 0.15) is 43.2 Å². The molecule has 2 fully saturated rings. The second-order valence-corrected chi connectivity index (χ2v) is 7.40. The van der Waals surface area contributed by atoms with Crippen LogP contribution < -0.4 is 10.6 Å². The van der Waals surface area contributed by atoms with E-state index in [-0.39, 0.29) is 29.6 Å². The highest BCUT2D eigenvalue weighted by atomic mass is 19.1. The molecule has 2 amide bonds. The maximum absolute atomic E-state index is 13.6. The number of piperidine rings is 2. The average molecular weight is 361 g/mol. The Morgan fingerprint density at radius 1 is 1.23 bits per heavy atom. The highest BCUT2D eigenvalue weighted by Gasteiger charge is 2.31. The first kappa shape index (κ1) is 18.8. The van der Waals surface area contributed by atoms with Gasteiger partial charge in [-0.3, -0.25) is 9.59 Å². The lowest BCUT2D eigenvalue weighted by Gasteiger charge is -2.35. The van der Waals surface area contributed by atoms with E-state index in [2.05, 4.69) is 10.6 Å². The number of nitrogens with zero attached hydrogens (tertiary/aromatic N) is 1. The van der Waals surface area contributed by atoms with Gasteiger partial charge < -0.3 is 15.5 Å². The fraction of sp³-hybridized carbons (Fsp3) is 0.600. The SMILES string of the molecule is Cc1ccc(CNC(=O)C2CCN(C(=O)C3CCCCN3)CC2)cc1F. The Bertz CT molecular complexity index is 650. The lowest BCUT2D eigenvalue weighted by atomic mass is 9.94. The Balaban J connectivity index is 1.44. The van der Waals surface area contributed by atoms with Crippen LogP contribution in [0.3, 0.4) is 0 Å². The normalized spacial score (nSPS) is 21.5. The fourth-order valence-electron chi connectivity index (χ4n) is 3.72. The van der Waals surface area contributed by atoms with Crippen LogP contribution in [0.25, 0.3) is 0 Å². The van der Waals surface area contributed by atoms with Crippen LogP contribution in [0.2, 0.25) is 0 Å². The highest BCUT2D eigenvalue weighted by molar-refractivity contribution is 5.83. The summed E-state index contributed by atoms with van der Waals surface area (Å²) < 4.78 is 13.6. The van der Waals surface area contributed by atoms with Gasteiger partial charge >= 0.3 is 0 Å². The molecule has 1 unspecified atom stereocenters. The van der Waals surface area contributed by atoms with Gasteiger partial charge in [-0.05, 0) is 56.3 Å². The summed E-state index contributed by atoms with van der Waals surface area (Å²) in [6.45, 7) is 4.23. The summed E-state index contributed by atoms with van der Waals surface area (Å²) in [6, 6.07) is 4.97. The van der Waals surface area contributed by atoms with E-state index in [1.165, 1.54) is 6.07 Å². The molecule has 2 aliphatic heterocycles. The van der Waals surface area contributed by atoms with Gasteiger partial charge in [0.25, 0.3) is 0 Å². The van der Waals surface area contributed by atoms with Crippen molar-refractivity contribution >= 4 is 11.8 Å². The Morgan fingerprint density at radius 2 is 2.00 bits per heavy atom. The van der Waals surface area contributed by atoms with Crippen LogP contribution in [0, 0.1) is 18.7 Å². The fourth-order valence-corrected chi connectivity index (χ4v) is 3.72. The summed E-state index contributed by atoms with van der Waals surface area (Å²) in [6.07, 6.45) is 4.52. The molecular weight excluding hydrogens is 333 g/mol. The maximum Gasteiger partial charge on any atom is 0.239 e. The number of halogens is 1. The molecule has 0 bridgehead atoms. The minimum Gasteiger partial charge on any atom is -0.352 e. The summed E-state index contributed by atoms with van der Waals surface area (Å²) in [5, 5.41) is 6.20. The van der Waals surface area contributed by atoms with Crippen molar-refractivity contribution in [2.45, 2.75) is 51.6 Å². The summed E-state index contributed by atoms with van der Waals surface area (Å²) >= 11 is 0. The van der Waals surface area contributed by atoms with E-state index in [1.807, 2.05) is 11.0 Å². The second-order valence-electron chi connectivity index (χ2n) is 7.40. The minimum atomic E-state index is -0.250. The first-order valence-corrected chi connectivity index (χ1v) is 9.59. The van der Waals surface area contributed by atoms with E-state index in [0.29, 0.717) is 38.0 Å².